The first kappa shape index (κ1) is 15.2. The van der Waals surface area contributed by atoms with Crippen LogP contribution in [0.1, 0.15) is 27.0 Å². The molecule has 0 aliphatic rings. The number of nitrogen functional groups attached to an aromatic ring is 1. The van der Waals surface area contributed by atoms with E-state index in [1.165, 1.54) is 0 Å². The first-order valence-corrected chi connectivity index (χ1v) is 6.84. The lowest BCUT2D eigenvalue weighted by atomic mass is 10.1. The quantitative estimate of drug-likeness (QED) is 0.851. The molecule has 0 saturated carbocycles. The second kappa shape index (κ2) is 6.06. The molecule has 21 heavy (non-hydrogen) atoms. The van der Waals surface area contributed by atoms with Crippen molar-refractivity contribution in [3.05, 3.63) is 57.6 Å². The summed E-state index contributed by atoms with van der Waals surface area (Å²) in [5.74, 6) is 0.288. The van der Waals surface area contributed by atoms with E-state index in [4.69, 9.17) is 27.8 Å². The highest BCUT2D eigenvalue weighted by Gasteiger charge is 2.09. The molecule has 0 saturated heterocycles. The van der Waals surface area contributed by atoms with Gasteiger partial charge in [-0.05, 0) is 49.2 Å². The molecule has 0 aliphatic heterocycles. The van der Waals surface area contributed by atoms with E-state index in [1.54, 1.807) is 18.2 Å². The van der Waals surface area contributed by atoms with Crippen LogP contribution in [0.2, 0.25) is 5.02 Å². The van der Waals surface area contributed by atoms with Crippen LogP contribution in [0.5, 0.6) is 5.75 Å². The Balaban J connectivity index is 2.19. The molecule has 0 spiro atoms. The number of ether oxygens (including phenoxy) is 1. The molecule has 0 heterocycles. The van der Waals surface area contributed by atoms with Crippen LogP contribution >= 0.6 is 11.6 Å². The number of anilines is 1. The van der Waals surface area contributed by atoms with E-state index in [0.717, 1.165) is 22.4 Å². The fraction of sp³-hybridized carbons (Fsp3) is 0.188. The van der Waals surface area contributed by atoms with Crippen molar-refractivity contribution in [1.82, 2.24) is 0 Å². The van der Waals surface area contributed by atoms with Crippen LogP contribution in [0.25, 0.3) is 0 Å². The van der Waals surface area contributed by atoms with Gasteiger partial charge in [0, 0.05) is 21.8 Å². The summed E-state index contributed by atoms with van der Waals surface area (Å²) in [6.07, 6.45) is 0. The molecule has 0 aromatic heterocycles. The van der Waals surface area contributed by atoms with E-state index in [9.17, 15) is 4.79 Å². The fourth-order valence-electron chi connectivity index (χ4n) is 2.15. The highest BCUT2D eigenvalue weighted by Crippen LogP contribution is 2.28. The number of aryl methyl sites for hydroxylation is 2. The highest BCUT2D eigenvalue weighted by atomic mass is 35.5. The molecule has 110 valence electrons. The number of carbonyl (C=O) groups excluding carboxylic acids is 1. The average molecular weight is 305 g/mol. The van der Waals surface area contributed by atoms with Gasteiger partial charge in [0.25, 0.3) is 0 Å². The summed E-state index contributed by atoms with van der Waals surface area (Å²) in [4.78, 5) is 11.1. The highest BCUT2D eigenvalue weighted by molar-refractivity contribution is 6.30. The van der Waals surface area contributed by atoms with Crippen molar-refractivity contribution in [1.29, 1.82) is 0 Å². The van der Waals surface area contributed by atoms with Crippen LogP contribution in [0, 0.1) is 13.8 Å². The third kappa shape index (κ3) is 3.47. The minimum atomic E-state index is -0.501. The van der Waals surface area contributed by atoms with Crippen molar-refractivity contribution in [3.63, 3.8) is 0 Å². The Hall–Kier alpha value is -2.20. The zero-order chi connectivity index (χ0) is 15.6. The van der Waals surface area contributed by atoms with Gasteiger partial charge in [-0.3, -0.25) is 4.79 Å². The summed E-state index contributed by atoms with van der Waals surface area (Å²) in [5, 5.41) is 0.683. The number of carbonyl (C=O) groups is 1. The van der Waals surface area contributed by atoms with Crippen molar-refractivity contribution >= 4 is 23.2 Å². The number of rotatable bonds is 4. The summed E-state index contributed by atoms with van der Waals surface area (Å²) in [5.41, 5.74) is 14.7. The van der Waals surface area contributed by atoms with E-state index < -0.39 is 5.91 Å². The molecule has 0 radical (unpaired) electrons. The monoisotopic (exact) mass is 304 g/mol. The summed E-state index contributed by atoms with van der Waals surface area (Å²) < 4.78 is 5.83. The van der Waals surface area contributed by atoms with Gasteiger partial charge in [0.05, 0.1) is 0 Å². The molecular weight excluding hydrogens is 288 g/mol. The Morgan fingerprint density at radius 2 is 1.81 bits per heavy atom. The average Bonchev–Trinajstić information content (AvgIpc) is 2.38. The van der Waals surface area contributed by atoms with Gasteiger partial charge in [-0.2, -0.15) is 0 Å². The molecule has 4 nitrogen and oxygen atoms in total. The molecule has 0 fully saturated rings. The summed E-state index contributed by atoms with van der Waals surface area (Å²) in [6.45, 7) is 4.19. The Bertz CT molecular complexity index is 676. The molecule has 0 atom stereocenters. The molecule has 5 heteroatoms. The van der Waals surface area contributed by atoms with E-state index in [1.807, 2.05) is 26.0 Å². The molecular formula is C16H17ClN2O2. The number of primary amides is 1. The zero-order valence-corrected chi connectivity index (χ0v) is 12.7. The van der Waals surface area contributed by atoms with Gasteiger partial charge in [0.1, 0.15) is 12.4 Å². The van der Waals surface area contributed by atoms with Gasteiger partial charge >= 0.3 is 0 Å². The van der Waals surface area contributed by atoms with Crippen molar-refractivity contribution < 1.29 is 9.53 Å². The second-order valence-electron chi connectivity index (χ2n) is 4.94. The lowest BCUT2D eigenvalue weighted by molar-refractivity contribution is 0.100. The van der Waals surface area contributed by atoms with E-state index in [-0.39, 0.29) is 0 Å². The third-order valence-electron chi connectivity index (χ3n) is 3.23. The van der Waals surface area contributed by atoms with Crippen molar-refractivity contribution in [2.24, 2.45) is 5.73 Å². The van der Waals surface area contributed by atoms with Crippen LogP contribution < -0.4 is 16.2 Å². The Morgan fingerprint density at radius 1 is 1.19 bits per heavy atom. The minimum Gasteiger partial charge on any atom is -0.488 e. The summed E-state index contributed by atoms with van der Waals surface area (Å²) in [7, 11) is 0. The lowest BCUT2D eigenvalue weighted by Gasteiger charge is -2.14. The molecule has 2 rings (SSSR count). The van der Waals surface area contributed by atoms with Crippen molar-refractivity contribution in [2.45, 2.75) is 20.5 Å². The number of benzene rings is 2. The van der Waals surface area contributed by atoms with Crippen LogP contribution in [0.3, 0.4) is 0 Å². The Labute approximate surface area is 128 Å². The fourth-order valence-corrected chi connectivity index (χ4v) is 2.48. The van der Waals surface area contributed by atoms with Gasteiger partial charge in [0.15, 0.2) is 0 Å². The normalized spacial score (nSPS) is 10.4. The Morgan fingerprint density at radius 3 is 2.33 bits per heavy atom. The van der Waals surface area contributed by atoms with Crippen molar-refractivity contribution in [3.8, 4) is 5.75 Å². The summed E-state index contributed by atoms with van der Waals surface area (Å²) >= 11 is 5.99. The van der Waals surface area contributed by atoms with E-state index >= 15 is 0 Å². The van der Waals surface area contributed by atoms with E-state index in [0.29, 0.717) is 22.9 Å². The maximum absolute atomic E-state index is 11.1. The largest absolute Gasteiger partial charge is 0.488 e. The maximum Gasteiger partial charge on any atom is 0.248 e. The summed E-state index contributed by atoms with van der Waals surface area (Å²) in [6, 6.07) is 8.64. The molecule has 2 aromatic rings. The second-order valence-corrected chi connectivity index (χ2v) is 5.37. The number of hydrogen-bond donors (Lipinski definition) is 2. The van der Waals surface area contributed by atoms with Gasteiger partial charge in [0.2, 0.25) is 5.91 Å². The van der Waals surface area contributed by atoms with Crippen LogP contribution in [-0.4, -0.2) is 5.91 Å². The van der Waals surface area contributed by atoms with Gasteiger partial charge in [-0.25, -0.2) is 0 Å². The number of amides is 1. The molecule has 4 N–H and O–H groups in total. The minimum absolute atomic E-state index is 0.314. The topological polar surface area (TPSA) is 78.3 Å². The molecule has 0 unspecified atom stereocenters. The van der Waals surface area contributed by atoms with E-state index in [2.05, 4.69) is 0 Å². The molecule has 0 bridgehead atoms. The molecule has 2 aromatic carbocycles. The number of hydrogen-bond acceptors (Lipinski definition) is 3. The van der Waals surface area contributed by atoms with Crippen molar-refractivity contribution in [2.75, 3.05) is 5.73 Å². The smallest absolute Gasteiger partial charge is 0.248 e. The standard InChI is InChI=1S/C16H17ClN2O2/c1-9-5-13(17)6-10(2)15(9)21-8-12-4-3-11(16(19)20)7-14(12)18/h3-7H,8,18H2,1-2H3,(H2,19,20). The van der Waals surface area contributed by atoms with Gasteiger partial charge < -0.3 is 16.2 Å². The van der Waals surface area contributed by atoms with Crippen LogP contribution in [0.15, 0.2) is 30.3 Å². The molecule has 1 amide bonds. The molecule has 0 aliphatic carbocycles. The van der Waals surface area contributed by atoms with Crippen LogP contribution in [0.4, 0.5) is 5.69 Å². The van der Waals surface area contributed by atoms with Crippen LogP contribution in [-0.2, 0) is 6.61 Å². The zero-order valence-electron chi connectivity index (χ0n) is 11.9. The lowest BCUT2D eigenvalue weighted by Crippen LogP contribution is -2.12. The Kier molecular flexibility index (Phi) is 4.38. The maximum atomic E-state index is 11.1. The third-order valence-corrected chi connectivity index (χ3v) is 3.45. The predicted octanol–water partition coefficient (Wildman–Crippen LogP) is 3.22. The first-order chi connectivity index (χ1) is 9.88. The first-order valence-electron chi connectivity index (χ1n) is 6.46. The number of nitrogens with two attached hydrogens (primary N) is 2. The van der Waals surface area contributed by atoms with Gasteiger partial charge in [-0.15, -0.1) is 0 Å². The SMILES string of the molecule is Cc1cc(Cl)cc(C)c1OCc1ccc(C(N)=O)cc1N. The number of halogens is 1. The van der Waals surface area contributed by atoms with Gasteiger partial charge in [-0.1, -0.05) is 17.7 Å². The predicted molar refractivity (Wildman–Crippen MR) is 84.6 cm³/mol.